The number of ether oxygens (including phenoxy) is 4. The van der Waals surface area contributed by atoms with Gasteiger partial charge in [-0.3, -0.25) is 0 Å². The van der Waals surface area contributed by atoms with Gasteiger partial charge in [0.2, 0.25) is 0 Å². The molecule has 0 bridgehead atoms. The smallest absolute Gasteiger partial charge is 0.163 e. The maximum atomic E-state index is 5.95. The molecule has 0 radical (unpaired) electrons. The standard InChI is InChI=1S/C15H20O4/c1-15(2)18-10-13(14(19-15)12-9-17-12)16-8-11-6-4-3-5-7-11/h3-7,12-14H,8-10H2,1-2H3/t12-,13-,14-/m1/s1. The highest BCUT2D eigenvalue weighted by Gasteiger charge is 2.46. The van der Waals surface area contributed by atoms with Crippen molar-refractivity contribution >= 4 is 0 Å². The van der Waals surface area contributed by atoms with Gasteiger partial charge in [0.25, 0.3) is 0 Å². The van der Waals surface area contributed by atoms with Gasteiger partial charge in [-0.1, -0.05) is 30.3 Å². The van der Waals surface area contributed by atoms with Gasteiger partial charge in [-0.05, 0) is 19.4 Å². The van der Waals surface area contributed by atoms with E-state index < -0.39 is 5.79 Å². The largest absolute Gasteiger partial charge is 0.370 e. The Bertz CT molecular complexity index is 413. The van der Waals surface area contributed by atoms with Crippen molar-refractivity contribution in [2.24, 2.45) is 0 Å². The molecule has 104 valence electrons. The molecule has 0 aromatic heterocycles. The molecule has 3 atom stereocenters. The predicted octanol–water partition coefficient (Wildman–Crippen LogP) is 2.12. The molecule has 0 unspecified atom stereocenters. The van der Waals surface area contributed by atoms with Crippen LogP contribution in [0.5, 0.6) is 0 Å². The minimum atomic E-state index is -0.552. The lowest BCUT2D eigenvalue weighted by Crippen LogP contribution is -2.52. The zero-order valence-electron chi connectivity index (χ0n) is 11.4. The molecular formula is C15H20O4. The molecule has 4 nitrogen and oxygen atoms in total. The minimum Gasteiger partial charge on any atom is -0.370 e. The zero-order chi connectivity index (χ0) is 13.3. The number of epoxide rings is 1. The summed E-state index contributed by atoms with van der Waals surface area (Å²) in [6.45, 7) is 5.73. The average molecular weight is 264 g/mol. The van der Waals surface area contributed by atoms with Crippen LogP contribution in [-0.4, -0.2) is 37.3 Å². The topological polar surface area (TPSA) is 40.2 Å². The normalized spacial score (nSPS) is 33.1. The fourth-order valence-corrected chi connectivity index (χ4v) is 2.30. The Hall–Kier alpha value is -0.940. The van der Waals surface area contributed by atoms with E-state index in [-0.39, 0.29) is 18.3 Å². The first-order valence-electron chi connectivity index (χ1n) is 6.73. The third-order valence-corrected chi connectivity index (χ3v) is 3.41. The van der Waals surface area contributed by atoms with E-state index in [1.165, 1.54) is 0 Å². The average Bonchev–Trinajstić information content (AvgIpc) is 3.22. The summed E-state index contributed by atoms with van der Waals surface area (Å²) < 4.78 is 22.9. The van der Waals surface area contributed by atoms with E-state index in [2.05, 4.69) is 12.1 Å². The van der Waals surface area contributed by atoms with E-state index in [0.29, 0.717) is 13.2 Å². The number of hydrogen-bond donors (Lipinski definition) is 0. The third-order valence-electron chi connectivity index (χ3n) is 3.41. The van der Waals surface area contributed by atoms with Crippen LogP contribution in [0.3, 0.4) is 0 Å². The molecule has 3 rings (SSSR count). The summed E-state index contributed by atoms with van der Waals surface area (Å²) in [5.74, 6) is -0.552. The van der Waals surface area contributed by atoms with Crippen LogP contribution in [-0.2, 0) is 25.6 Å². The van der Waals surface area contributed by atoms with Crippen LogP contribution in [0.25, 0.3) is 0 Å². The van der Waals surface area contributed by atoms with Crippen molar-refractivity contribution in [3.05, 3.63) is 35.9 Å². The molecule has 1 aromatic rings. The molecule has 2 aliphatic rings. The molecule has 0 saturated carbocycles. The van der Waals surface area contributed by atoms with E-state index in [1.807, 2.05) is 32.0 Å². The van der Waals surface area contributed by atoms with E-state index in [1.54, 1.807) is 0 Å². The quantitative estimate of drug-likeness (QED) is 0.781. The van der Waals surface area contributed by atoms with Gasteiger partial charge < -0.3 is 18.9 Å². The van der Waals surface area contributed by atoms with Gasteiger partial charge in [-0.15, -0.1) is 0 Å². The van der Waals surface area contributed by atoms with E-state index in [0.717, 1.165) is 12.2 Å². The molecule has 0 spiro atoms. The number of benzene rings is 1. The van der Waals surface area contributed by atoms with E-state index in [9.17, 15) is 0 Å². The van der Waals surface area contributed by atoms with Crippen LogP contribution in [0.15, 0.2) is 30.3 Å². The van der Waals surface area contributed by atoms with E-state index in [4.69, 9.17) is 18.9 Å². The fourth-order valence-electron chi connectivity index (χ4n) is 2.30. The SMILES string of the molecule is CC1(C)OC[C@@H](OCc2ccccc2)[C@@H]([C@H]2CO2)O1. The Morgan fingerprint density at radius 2 is 1.95 bits per heavy atom. The second kappa shape index (κ2) is 5.21. The van der Waals surface area contributed by atoms with Gasteiger partial charge in [-0.2, -0.15) is 0 Å². The Morgan fingerprint density at radius 1 is 1.21 bits per heavy atom. The molecule has 2 saturated heterocycles. The molecular weight excluding hydrogens is 244 g/mol. The molecule has 2 fully saturated rings. The van der Waals surface area contributed by atoms with Gasteiger partial charge in [0, 0.05) is 0 Å². The summed E-state index contributed by atoms with van der Waals surface area (Å²) >= 11 is 0. The first-order chi connectivity index (χ1) is 9.14. The minimum absolute atomic E-state index is 0.0348. The van der Waals surface area contributed by atoms with Gasteiger partial charge in [0.15, 0.2) is 5.79 Å². The van der Waals surface area contributed by atoms with Crippen LogP contribution < -0.4 is 0 Å². The van der Waals surface area contributed by atoms with Crippen LogP contribution in [0.4, 0.5) is 0 Å². The van der Waals surface area contributed by atoms with Gasteiger partial charge in [-0.25, -0.2) is 0 Å². The fraction of sp³-hybridized carbons (Fsp3) is 0.600. The molecule has 1 aromatic carbocycles. The lowest BCUT2D eigenvalue weighted by molar-refractivity contribution is -0.314. The Balaban J connectivity index is 1.60. The first kappa shape index (κ1) is 13.1. The van der Waals surface area contributed by atoms with Crippen molar-refractivity contribution in [2.45, 2.75) is 44.6 Å². The van der Waals surface area contributed by atoms with Gasteiger partial charge >= 0.3 is 0 Å². The van der Waals surface area contributed by atoms with Gasteiger partial charge in [0.1, 0.15) is 18.3 Å². The second-order valence-corrected chi connectivity index (χ2v) is 5.50. The molecule has 2 heterocycles. The van der Waals surface area contributed by atoms with Crippen molar-refractivity contribution in [1.82, 2.24) is 0 Å². The molecule has 4 heteroatoms. The molecule has 0 aliphatic carbocycles. The van der Waals surface area contributed by atoms with Crippen molar-refractivity contribution in [3.63, 3.8) is 0 Å². The highest BCUT2D eigenvalue weighted by Crippen LogP contribution is 2.31. The van der Waals surface area contributed by atoms with Crippen molar-refractivity contribution in [3.8, 4) is 0 Å². The van der Waals surface area contributed by atoms with Crippen LogP contribution >= 0.6 is 0 Å². The monoisotopic (exact) mass is 264 g/mol. The first-order valence-corrected chi connectivity index (χ1v) is 6.73. The van der Waals surface area contributed by atoms with Crippen LogP contribution in [0.2, 0.25) is 0 Å². The third kappa shape index (κ3) is 3.34. The number of rotatable bonds is 4. The van der Waals surface area contributed by atoms with Crippen LogP contribution in [0.1, 0.15) is 19.4 Å². The number of hydrogen-bond acceptors (Lipinski definition) is 4. The second-order valence-electron chi connectivity index (χ2n) is 5.50. The lowest BCUT2D eigenvalue weighted by atomic mass is 10.1. The zero-order valence-corrected chi connectivity index (χ0v) is 11.4. The predicted molar refractivity (Wildman–Crippen MR) is 69.7 cm³/mol. The summed E-state index contributed by atoms with van der Waals surface area (Å²) in [7, 11) is 0. The summed E-state index contributed by atoms with van der Waals surface area (Å²) in [5.41, 5.74) is 1.16. The maximum Gasteiger partial charge on any atom is 0.163 e. The molecule has 19 heavy (non-hydrogen) atoms. The maximum absolute atomic E-state index is 5.95. The molecule has 0 amide bonds. The van der Waals surface area contributed by atoms with Crippen LogP contribution in [0, 0.1) is 0 Å². The highest BCUT2D eigenvalue weighted by atomic mass is 16.7. The van der Waals surface area contributed by atoms with Crippen molar-refractivity contribution < 1.29 is 18.9 Å². The Labute approximate surface area is 113 Å². The Morgan fingerprint density at radius 3 is 2.63 bits per heavy atom. The summed E-state index contributed by atoms with van der Waals surface area (Å²) in [6, 6.07) is 10.1. The highest BCUT2D eigenvalue weighted by molar-refractivity contribution is 5.13. The van der Waals surface area contributed by atoms with E-state index >= 15 is 0 Å². The molecule has 2 aliphatic heterocycles. The Kier molecular flexibility index (Phi) is 3.58. The molecule has 0 N–H and O–H groups in total. The summed E-state index contributed by atoms with van der Waals surface area (Å²) in [6.07, 6.45) is 0.0529. The summed E-state index contributed by atoms with van der Waals surface area (Å²) in [5, 5.41) is 0. The van der Waals surface area contributed by atoms with Crippen molar-refractivity contribution in [2.75, 3.05) is 13.2 Å². The lowest BCUT2D eigenvalue weighted by Gasteiger charge is -2.40. The summed E-state index contributed by atoms with van der Waals surface area (Å²) in [4.78, 5) is 0. The van der Waals surface area contributed by atoms with Crippen molar-refractivity contribution in [1.29, 1.82) is 0 Å². The van der Waals surface area contributed by atoms with Gasteiger partial charge in [0.05, 0.1) is 19.8 Å².